The van der Waals surface area contributed by atoms with Crippen molar-refractivity contribution < 1.29 is 0 Å². The second-order valence-electron chi connectivity index (χ2n) is 13.1. The van der Waals surface area contributed by atoms with Gasteiger partial charge in [-0.15, -0.1) is 0 Å². The minimum absolute atomic E-state index is 0.872. The first kappa shape index (κ1) is 31.2. The Labute approximate surface area is 303 Å². The third-order valence-electron chi connectivity index (χ3n) is 9.82. The van der Waals surface area contributed by atoms with Crippen LogP contribution in [0.25, 0.3) is 66.1 Å². The Kier molecular flexibility index (Phi) is 7.90. The monoisotopic (exact) mass is 668 g/mol. The van der Waals surface area contributed by atoms with Gasteiger partial charge in [-0.05, 0) is 103 Å². The molecule has 0 bridgehead atoms. The van der Waals surface area contributed by atoms with Gasteiger partial charge in [-0.1, -0.05) is 109 Å². The molecule has 0 atom stereocenters. The van der Waals surface area contributed by atoms with E-state index in [1.54, 1.807) is 0 Å². The summed E-state index contributed by atoms with van der Waals surface area (Å²) in [6, 6.07) is 58.2. The van der Waals surface area contributed by atoms with Crippen molar-refractivity contribution in [1.29, 1.82) is 0 Å². The topological polar surface area (TPSA) is 34.0 Å². The van der Waals surface area contributed by atoms with Crippen LogP contribution in [0, 0.1) is 0 Å². The Balaban J connectivity index is 1.16. The van der Waals surface area contributed by atoms with Crippen LogP contribution in [0.1, 0.15) is 19.5 Å². The minimum Gasteiger partial charge on any atom is -0.310 e. The number of fused-ring (bicyclic) bond motifs is 5. The minimum atomic E-state index is 0.872. The highest BCUT2D eigenvalue weighted by atomic mass is 15.1. The predicted molar refractivity (Wildman–Crippen MR) is 220 cm³/mol. The molecule has 0 unspecified atom stereocenters. The lowest BCUT2D eigenvalue weighted by Gasteiger charge is -2.26. The van der Waals surface area contributed by atoms with E-state index in [2.05, 4.69) is 162 Å². The Morgan fingerprint density at radius 2 is 1.12 bits per heavy atom. The van der Waals surface area contributed by atoms with Crippen LogP contribution >= 0.6 is 0 Å². The standard InChI is InChI=1S/C48H36N4/c1-3-4-13-33(2)47-48(50-44-19-10-9-18-43(44)49-47)35-23-25-37(26-24-35)51(40-27-22-34-14-5-6-15-36(34)32-40)38-28-30-39(31-29-38)52-45-20-11-7-16-41(45)42-17-8-12-21-46(42)52/h3-32H,1-2H3/b4-3-,33-13+. The van der Waals surface area contributed by atoms with Gasteiger partial charge < -0.3 is 9.47 Å². The summed E-state index contributed by atoms with van der Waals surface area (Å²) >= 11 is 0. The molecule has 0 spiro atoms. The zero-order valence-corrected chi connectivity index (χ0v) is 29.1. The maximum absolute atomic E-state index is 5.13. The molecule has 0 aliphatic rings. The summed E-state index contributed by atoms with van der Waals surface area (Å²) in [6.07, 6.45) is 6.18. The number of benzene rings is 7. The van der Waals surface area contributed by atoms with Gasteiger partial charge >= 0.3 is 0 Å². The Bertz CT molecular complexity index is 2750. The molecule has 0 amide bonds. The van der Waals surface area contributed by atoms with Crippen molar-refractivity contribution >= 4 is 66.2 Å². The fourth-order valence-electron chi connectivity index (χ4n) is 7.28. The fraction of sp³-hybridized carbons (Fsp3) is 0.0417. The molecule has 0 N–H and O–H groups in total. The summed E-state index contributed by atoms with van der Waals surface area (Å²) in [4.78, 5) is 12.5. The summed E-state index contributed by atoms with van der Waals surface area (Å²) in [5, 5.41) is 4.92. The van der Waals surface area contributed by atoms with Gasteiger partial charge in [0.1, 0.15) is 0 Å². The lowest BCUT2D eigenvalue weighted by molar-refractivity contribution is 1.17. The van der Waals surface area contributed by atoms with Gasteiger partial charge in [0.25, 0.3) is 0 Å². The fourth-order valence-corrected chi connectivity index (χ4v) is 7.28. The third kappa shape index (κ3) is 5.51. The lowest BCUT2D eigenvalue weighted by Crippen LogP contribution is -2.10. The summed E-state index contributed by atoms with van der Waals surface area (Å²) in [6.45, 7) is 4.12. The predicted octanol–water partition coefficient (Wildman–Crippen LogP) is 13.0. The van der Waals surface area contributed by atoms with E-state index < -0.39 is 0 Å². The molecule has 0 radical (unpaired) electrons. The molecule has 9 rings (SSSR count). The average Bonchev–Trinajstić information content (AvgIpc) is 3.54. The van der Waals surface area contributed by atoms with Crippen LogP contribution < -0.4 is 4.90 Å². The molecule has 4 heteroatoms. The molecule has 9 aromatic rings. The average molecular weight is 669 g/mol. The number of aromatic nitrogens is 3. The highest BCUT2D eigenvalue weighted by Gasteiger charge is 2.18. The highest BCUT2D eigenvalue weighted by Crippen LogP contribution is 2.39. The van der Waals surface area contributed by atoms with E-state index >= 15 is 0 Å². The number of hydrogen-bond acceptors (Lipinski definition) is 3. The van der Waals surface area contributed by atoms with E-state index in [9.17, 15) is 0 Å². The Morgan fingerprint density at radius 1 is 0.558 bits per heavy atom. The molecule has 2 aromatic heterocycles. The van der Waals surface area contributed by atoms with Crippen LogP contribution in [-0.2, 0) is 0 Å². The van der Waals surface area contributed by atoms with Crippen LogP contribution in [0.3, 0.4) is 0 Å². The molecule has 0 saturated carbocycles. The molecule has 0 fully saturated rings. The maximum atomic E-state index is 5.13. The van der Waals surface area contributed by atoms with Crippen molar-refractivity contribution in [2.45, 2.75) is 13.8 Å². The highest BCUT2D eigenvalue weighted by molar-refractivity contribution is 6.09. The van der Waals surface area contributed by atoms with Gasteiger partial charge in [0, 0.05) is 39.1 Å². The van der Waals surface area contributed by atoms with Gasteiger partial charge in [0.2, 0.25) is 0 Å². The van der Waals surface area contributed by atoms with E-state index in [4.69, 9.17) is 9.97 Å². The normalized spacial score (nSPS) is 12.1. The van der Waals surface area contributed by atoms with E-state index in [0.29, 0.717) is 0 Å². The van der Waals surface area contributed by atoms with E-state index in [-0.39, 0.29) is 0 Å². The number of para-hydroxylation sites is 4. The molecule has 0 aliphatic heterocycles. The zero-order valence-electron chi connectivity index (χ0n) is 29.1. The maximum Gasteiger partial charge on any atom is 0.0969 e. The lowest BCUT2D eigenvalue weighted by atomic mass is 10.0. The van der Waals surface area contributed by atoms with E-state index in [1.807, 2.05) is 43.3 Å². The first-order valence-corrected chi connectivity index (χ1v) is 17.7. The molecule has 4 nitrogen and oxygen atoms in total. The summed E-state index contributed by atoms with van der Waals surface area (Å²) < 4.78 is 2.36. The molecular weight excluding hydrogens is 633 g/mol. The van der Waals surface area contributed by atoms with Crippen LogP contribution in [0.15, 0.2) is 182 Å². The van der Waals surface area contributed by atoms with Crippen molar-refractivity contribution in [2.75, 3.05) is 4.90 Å². The quantitative estimate of drug-likeness (QED) is 0.159. The van der Waals surface area contributed by atoms with Crippen molar-refractivity contribution in [2.24, 2.45) is 0 Å². The van der Waals surface area contributed by atoms with Crippen LogP contribution in [0.4, 0.5) is 17.1 Å². The zero-order chi connectivity index (χ0) is 35.0. The number of allylic oxidation sites excluding steroid dienone is 4. The number of anilines is 3. The largest absolute Gasteiger partial charge is 0.310 e. The number of hydrogen-bond donors (Lipinski definition) is 0. The SMILES string of the molecule is C/C=C\C=C(/C)c1nc2ccccc2nc1-c1ccc(N(c2ccc(-n3c4ccccc4c4ccccc43)cc2)c2ccc3ccccc3c2)cc1. The Morgan fingerprint density at radius 3 is 1.79 bits per heavy atom. The van der Waals surface area contributed by atoms with Crippen LogP contribution in [0.5, 0.6) is 0 Å². The van der Waals surface area contributed by atoms with Gasteiger partial charge in [-0.3, -0.25) is 0 Å². The van der Waals surface area contributed by atoms with Gasteiger partial charge in [-0.2, -0.15) is 0 Å². The Hall–Kier alpha value is -6.78. The molecule has 2 heterocycles. The second kappa shape index (κ2) is 13.2. The van der Waals surface area contributed by atoms with Crippen molar-refractivity contribution in [3.05, 3.63) is 188 Å². The van der Waals surface area contributed by atoms with Crippen LogP contribution in [-0.4, -0.2) is 14.5 Å². The molecular formula is C48H36N4. The van der Waals surface area contributed by atoms with Gasteiger partial charge in [0.15, 0.2) is 0 Å². The number of rotatable bonds is 7. The molecule has 52 heavy (non-hydrogen) atoms. The second-order valence-corrected chi connectivity index (χ2v) is 13.1. The first-order chi connectivity index (χ1) is 25.7. The molecule has 0 aliphatic carbocycles. The summed E-state index contributed by atoms with van der Waals surface area (Å²) in [7, 11) is 0. The van der Waals surface area contributed by atoms with Crippen molar-refractivity contribution in [3.8, 4) is 16.9 Å². The summed E-state index contributed by atoms with van der Waals surface area (Å²) in [5.74, 6) is 0. The molecule has 7 aromatic carbocycles. The van der Waals surface area contributed by atoms with Crippen molar-refractivity contribution in [1.82, 2.24) is 14.5 Å². The third-order valence-corrected chi connectivity index (χ3v) is 9.82. The van der Waals surface area contributed by atoms with Crippen molar-refractivity contribution in [3.63, 3.8) is 0 Å². The van der Waals surface area contributed by atoms with Crippen LogP contribution in [0.2, 0.25) is 0 Å². The van der Waals surface area contributed by atoms with Gasteiger partial charge in [0.05, 0.1) is 33.5 Å². The summed E-state index contributed by atoms with van der Waals surface area (Å²) in [5.41, 5.74) is 12.4. The number of nitrogens with zero attached hydrogens (tertiary/aromatic N) is 4. The van der Waals surface area contributed by atoms with E-state index in [0.717, 1.165) is 56.3 Å². The smallest absolute Gasteiger partial charge is 0.0969 e. The van der Waals surface area contributed by atoms with E-state index in [1.165, 1.54) is 32.6 Å². The van der Waals surface area contributed by atoms with Gasteiger partial charge in [-0.25, -0.2) is 9.97 Å². The molecule has 0 saturated heterocycles. The first-order valence-electron chi connectivity index (χ1n) is 17.7. The molecule has 248 valence electrons.